The van der Waals surface area contributed by atoms with Crippen LogP contribution in [0.15, 0.2) is 48.5 Å². The van der Waals surface area contributed by atoms with Crippen LogP contribution in [0, 0.1) is 0 Å². The number of ether oxygens (including phenoxy) is 1. The van der Waals surface area contributed by atoms with Crippen LogP contribution in [0.1, 0.15) is 43.4 Å². The fourth-order valence-electron chi connectivity index (χ4n) is 2.72. The maximum atomic E-state index is 10.3. The van der Waals surface area contributed by atoms with Crippen molar-refractivity contribution in [3.8, 4) is 5.75 Å². The average Bonchev–Trinajstić information content (AvgIpc) is 2.55. The number of aromatic hydroxyl groups is 1. The number of benzene rings is 2. The Kier molecular flexibility index (Phi) is 5.85. The van der Waals surface area contributed by atoms with Crippen LogP contribution in [0.2, 0.25) is 0 Å². The van der Waals surface area contributed by atoms with Gasteiger partial charge in [-0.3, -0.25) is 0 Å². The van der Waals surface area contributed by atoms with Crippen LogP contribution in [0.3, 0.4) is 0 Å². The smallest absolute Gasteiger partial charge is 0.505 e. The van der Waals surface area contributed by atoms with Crippen molar-refractivity contribution >= 4 is 6.16 Å². The molecule has 0 atom stereocenters. The number of carbonyl (C=O) groups is 1. The molecule has 0 bridgehead atoms. The first-order valence-electron chi connectivity index (χ1n) is 8.14. The minimum atomic E-state index is -1.21. The minimum Gasteiger partial charge on any atom is -0.508 e. The number of phenols is 1. The van der Waals surface area contributed by atoms with E-state index in [1.165, 1.54) is 11.1 Å². The minimum absolute atomic E-state index is 0.137. The third-order valence-electron chi connectivity index (χ3n) is 4.35. The summed E-state index contributed by atoms with van der Waals surface area (Å²) in [5.41, 5.74) is 3.46. The van der Waals surface area contributed by atoms with Gasteiger partial charge in [0.1, 0.15) is 5.75 Å². The topological polar surface area (TPSA) is 66.8 Å². The first-order valence-corrected chi connectivity index (χ1v) is 8.14. The Bertz CT molecular complexity index is 657. The van der Waals surface area contributed by atoms with E-state index in [2.05, 4.69) is 42.8 Å². The molecular formula is C20H24O4. The highest BCUT2D eigenvalue weighted by atomic mass is 16.7. The maximum absolute atomic E-state index is 10.3. The van der Waals surface area contributed by atoms with Crippen molar-refractivity contribution < 1.29 is 19.7 Å². The summed E-state index contributed by atoms with van der Waals surface area (Å²) in [5.74, 6) is 0.275. The molecule has 0 spiro atoms. The first kappa shape index (κ1) is 17.9. The predicted molar refractivity (Wildman–Crippen MR) is 93.6 cm³/mol. The number of aryl methyl sites for hydroxylation is 1. The van der Waals surface area contributed by atoms with Gasteiger partial charge >= 0.3 is 6.16 Å². The van der Waals surface area contributed by atoms with E-state index in [0.717, 1.165) is 24.8 Å². The van der Waals surface area contributed by atoms with Crippen LogP contribution in [0.4, 0.5) is 4.79 Å². The largest absolute Gasteiger partial charge is 0.508 e. The highest BCUT2D eigenvalue weighted by molar-refractivity contribution is 5.56. The zero-order chi connectivity index (χ0) is 17.6. The number of carboxylic acid groups (broad SMARTS) is 1. The molecule has 24 heavy (non-hydrogen) atoms. The molecule has 2 N–H and O–H groups in total. The second-order valence-electron chi connectivity index (χ2n) is 6.44. The lowest BCUT2D eigenvalue weighted by molar-refractivity contribution is 0.0902. The van der Waals surface area contributed by atoms with Gasteiger partial charge < -0.3 is 14.9 Å². The van der Waals surface area contributed by atoms with Crippen molar-refractivity contribution in [1.82, 2.24) is 0 Å². The maximum Gasteiger partial charge on any atom is 0.505 e. The SMILES string of the molecule is CC(C)(c1ccc(O)cc1)c1ccc(CCCCOC(=O)O)cc1. The molecule has 0 saturated carbocycles. The lowest BCUT2D eigenvalue weighted by Crippen LogP contribution is -2.18. The highest BCUT2D eigenvalue weighted by Gasteiger charge is 2.22. The second kappa shape index (κ2) is 7.86. The van der Waals surface area contributed by atoms with E-state index >= 15 is 0 Å². The third-order valence-corrected chi connectivity index (χ3v) is 4.35. The number of phenolic OH excluding ortho intramolecular Hbond substituents is 1. The van der Waals surface area contributed by atoms with E-state index in [1.54, 1.807) is 12.1 Å². The third kappa shape index (κ3) is 4.75. The molecule has 2 rings (SSSR count). The van der Waals surface area contributed by atoms with Crippen LogP contribution in [-0.2, 0) is 16.6 Å². The number of hydrogen-bond donors (Lipinski definition) is 2. The zero-order valence-corrected chi connectivity index (χ0v) is 14.2. The van der Waals surface area contributed by atoms with E-state index in [0.29, 0.717) is 0 Å². The normalized spacial score (nSPS) is 11.2. The Morgan fingerprint density at radius 2 is 1.50 bits per heavy atom. The molecule has 0 aliphatic carbocycles. The van der Waals surface area contributed by atoms with E-state index in [-0.39, 0.29) is 17.8 Å². The van der Waals surface area contributed by atoms with E-state index in [1.807, 2.05) is 12.1 Å². The van der Waals surface area contributed by atoms with Crippen LogP contribution in [0.5, 0.6) is 5.75 Å². The fraction of sp³-hybridized carbons (Fsp3) is 0.350. The van der Waals surface area contributed by atoms with Gasteiger partial charge in [-0.25, -0.2) is 4.79 Å². The molecule has 0 heterocycles. The summed E-state index contributed by atoms with van der Waals surface area (Å²) in [6.07, 6.45) is 1.32. The highest BCUT2D eigenvalue weighted by Crippen LogP contribution is 2.32. The quantitative estimate of drug-likeness (QED) is 0.569. The molecule has 0 aromatic heterocycles. The number of hydrogen-bond acceptors (Lipinski definition) is 3. The summed E-state index contributed by atoms with van der Waals surface area (Å²) in [5, 5.41) is 17.8. The molecule has 0 radical (unpaired) electrons. The van der Waals surface area contributed by atoms with E-state index in [4.69, 9.17) is 5.11 Å². The summed E-state index contributed by atoms with van der Waals surface area (Å²) in [6, 6.07) is 15.8. The molecule has 4 nitrogen and oxygen atoms in total. The Morgan fingerprint density at radius 3 is 2.04 bits per heavy atom. The van der Waals surface area contributed by atoms with E-state index in [9.17, 15) is 9.90 Å². The summed E-state index contributed by atoms with van der Waals surface area (Å²) in [7, 11) is 0. The van der Waals surface area contributed by atoms with Crippen molar-refractivity contribution in [1.29, 1.82) is 0 Å². The first-order chi connectivity index (χ1) is 11.4. The number of unbranched alkanes of at least 4 members (excludes halogenated alkanes) is 1. The summed E-state index contributed by atoms with van der Waals surface area (Å²) < 4.78 is 4.50. The standard InChI is InChI=1S/C20H24O4/c1-20(2,17-10-12-18(21)13-11-17)16-8-6-15(7-9-16)5-3-4-14-24-19(22)23/h6-13,21H,3-5,14H2,1-2H3,(H,22,23). The fourth-order valence-corrected chi connectivity index (χ4v) is 2.72. The van der Waals surface area contributed by atoms with Gasteiger partial charge in [0, 0.05) is 5.41 Å². The van der Waals surface area contributed by atoms with Crippen molar-refractivity contribution in [2.45, 2.75) is 38.5 Å². The zero-order valence-electron chi connectivity index (χ0n) is 14.2. The van der Waals surface area contributed by atoms with Gasteiger partial charge in [0.15, 0.2) is 0 Å². The van der Waals surface area contributed by atoms with E-state index < -0.39 is 6.16 Å². The molecule has 4 heteroatoms. The summed E-state index contributed by atoms with van der Waals surface area (Å²) in [4.78, 5) is 10.3. The second-order valence-corrected chi connectivity index (χ2v) is 6.44. The van der Waals surface area contributed by atoms with Crippen molar-refractivity contribution in [2.24, 2.45) is 0 Å². The number of rotatable bonds is 7. The molecule has 128 valence electrons. The van der Waals surface area contributed by atoms with Gasteiger partial charge in [0.2, 0.25) is 0 Å². The lowest BCUT2D eigenvalue weighted by Gasteiger charge is -2.26. The van der Waals surface area contributed by atoms with Crippen molar-refractivity contribution in [3.05, 3.63) is 65.2 Å². The average molecular weight is 328 g/mol. The Hall–Kier alpha value is -2.49. The van der Waals surface area contributed by atoms with Gasteiger partial charge in [-0.15, -0.1) is 0 Å². The van der Waals surface area contributed by atoms with Gasteiger partial charge in [0.05, 0.1) is 6.61 Å². The van der Waals surface area contributed by atoms with Crippen molar-refractivity contribution in [3.63, 3.8) is 0 Å². The van der Waals surface area contributed by atoms with Gasteiger partial charge in [0.25, 0.3) is 0 Å². The van der Waals surface area contributed by atoms with Crippen LogP contribution in [-0.4, -0.2) is 23.0 Å². The molecule has 2 aromatic carbocycles. The van der Waals surface area contributed by atoms with Crippen molar-refractivity contribution in [2.75, 3.05) is 6.61 Å². The molecule has 2 aromatic rings. The lowest BCUT2D eigenvalue weighted by atomic mass is 9.78. The molecule has 0 fully saturated rings. The molecule has 0 unspecified atom stereocenters. The predicted octanol–water partition coefficient (Wildman–Crippen LogP) is 4.74. The van der Waals surface area contributed by atoms with Crippen LogP contribution in [0.25, 0.3) is 0 Å². The molecule has 0 aliphatic rings. The van der Waals surface area contributed by atoms with Gasteiger partial charge in [-0.2, -0.15) is 0 Å². The Balaban J connectivity index is 1.95. The monoisotopic (exact) mass is 328 g/mol. The van der Waals surface area contributed by atoms with Crippen LogP contribution < -0.4 is 0 Å². The summed E-state index contributed by atoms with van der Waals surface area (Å²) >= 11 is 0. The Labute approximate surface area is 142 Å². The van der Waals surface area contributed by atoms with Gasteiger partial charge in [-0.05, 0) is 48.1 Å². The Morgan fingerprint density at radius 1 is 0.958 bits per heavy atom. The van der Waals surface area contributed by atoms with Gasteiger partial charge in [-0.1, -0.05) is 50.2 Å². The summed E-state index contributed by atoms with van der Waals surface area (Å²) in [6.45, 7) is 4.58. The molecule has 0 amide bonds. The molecule has 0 saturated heterocycles. The molecule has 0 aliphatic heterocycles. The van der Waals surface area contributed by atoms with Crippen LogP contribution >= 0.6 is 0 Å². The molecular weight excluding hydrogens is 304 g/mol.